The van der Waals surface area contributed by atoms with Crippen LogP contribution in [0.1, 0.15) is 34.1 Å². The molecule has 0 bridgehead atoms. The number of rotatable bonds is 2. The molecule has 0 unspecified atom stereocenters. The summed E-state index contributed by atoms with van der Waals surface area (Å²) in [4.78, 5) is 11.6. The summed E-state index contributed by atoms with van der Waals surface area (Å²) in [5.41, 5.74) is -1.08. The Morgan fingerprint density at radius 3 is 2.03 bits per heavy atom. The molecule has 5 rings (SSSR count). The zero-order valence-electron chi connectivity index (χ0n) is 18.3. The molecule has 4 saturated heterocycles. The van der Waals surface area contributed by atoms with Crippen molar-refractivity contribution in [3.63, 3.8) is 0 Å². The lowest BCUT2D eigenvalue weighted by Crippen LogP contribution is -2.69. The Kier molecular flexibility index (Phi) is 5.73. The summed E-state index contributed by atoms with van der Waals surface area (Å²) in [6.07, 6.45) is -2.24. The molecule has 31 heavy (non-hydrogen) atoms. The van der Waals surface area contributed by atoms with Crippen molar-refractivity contribution in [2.24, 2.45) is 0 Å². The van der Waals surface area contributed by atoms with Gasteiger partial charge in [0.2, 0.25) is 10.6 Å². The molecule has 0 radical (unpaired) electrons. The molecule has 1 saturated carbocycles. The van der Waals surface area contributed by atoms with Crippen LogP contribution in [0.3, 0.4) is 0 Å². The molecular weight excluding hydrogens is 455 g/mol. The number of ketones is 1. The van der Waals surface area contributed by atoms with Gasteiger partial charge in [-0.15, -0.1) is 0 Å². The van der Waals surface area contributed by atoms with Gasteiger partial charge < -0.3 is 37.9 Å². The van der Waals surface area contributed by atoms with Gasteiger partial charge in [0, 0.05) is 20.6 Å². The minimum absolute atomic E-state index is 0.112. The van der Waals surface area contributed by atoms with Crippen LogP contribution in [0.2, 0.25) is 0 Å². The van der Waals surface area contributed by atoms with Crippen LogP contribution in [-0.2, 0) is 42.7 Å². The molecule has 11 heteroatoms. The van der Waals surface area contributed by atoms with Gasteiger partial charge >= 0.3 is 0 Å². The largest absolute Gasteiger partial charge is 0.464 e. The number of Topliss-reactive ketones (excluding diaryl/α,β-unsaturated/α-hetero) is 1. The topological polar surface area (TPSA) is 90.9 Å². The number of hydrogen-bond donors (Lipinski definition) is 0. The third-order valence-electron chi connectivity index (χ3n) is 5.94. The Bertz CT molecular complexity index is 770. The molecule has 4 aliphatic heterocycles. The van der Waals surface area contributed by atoms with Crippen molar-refractivity contribution in [3.8, 4) is 0 Å². The van der Waals surface area contributed by atoms with Crippen molar-refractivity contribution in [1.82, 2.24) is 0 Å². The van der Waals surface area contributed by atoms with Gasteiger partial charge in [0.25, 0.3) is 0 Å². The zero-order valence-corrected chi connectivity index (χ0v) is 19.8. The highest BCUT2D eigenvalue weighted by molar-refractivity contribution is 6.61. The van der Waals surface area contributed by atoms with Crippen molar-refractivity contribution in [1.29, 1.82) is 0 Å². The lowest BCUT2D eigenvalue weighted by molar-refractivity contribution is -0.261. The molecule has 0 aromatic heterocycles. The van der Waals surface area contributed by atoms with E-state index in [-0.39, 0.29) is 30.7 Å². The molecule has 0 N–H and O–H groups in total. The highest BCUT2D eigenvalue weighted by atomic mass is 35.5. The molecule has 0 amide bonds. The average Bonchev–Trinajstić information content (AvgIpc) is 3.34. The van der Waals surface area contributed by atoms with Crippen molar-refractivity contribution in [2.45, 2.75) is 92.6 Å². The molecule has 0 aromatic rings. The van der Waals surface area contributed by atoms with E-state index in [4.69, 9.17) is 61.1 Å². The van der Waals surface area contributed by atoms with Gasteiger partial charge in [-0.2, -0.15) is 0 Å². The van der Waals surface area contributed by atoms with Crippen LogP contribution in [0.15, 0.2) is 12.3 Å². The molecule has 5 aliphatic rings. The molecule has 0 aromatic carbocycles. The third-order valence-corrected chi connectivity index (χ3v) is 7.00. The molecule has 5 fully saturated rings. The smallest absolute Gasteiger partial charge is 0.228 e. The SMILES string of the molecule is C=C1O[C@@H](OC)[C@@H]2OC(C)(C)O[C@H]12.CO[C@@H]1O[C@@]2(CC(=O)C2(Cl)Cl)[C@H]2OC(C)(C)O[C@@H]12. The molecule has 1 aliphatic carbocycles. The average molecular weight is 483 g/mol. The lowest BCUT2D eigenvalue weighted by Gasteiger charge is -2.49. The first-order valence-corrected chi connectivity index (χ1v) is 10.7. The van der Waals surface area contributed by atoms with E-state index >= 15 is 0 Å². The van der Waals surface area contributed by atoms with E-state index < -0.39 is 40.0 Å². The Morgan fingerprint density at radius 2 is 1.48 bits per heavy atom. The van der Waals surface area contributed by atoms with Crippen molar-refractivity contribution in [3.05, 3.63) is 12.3 Å². The van der Waals surface area contributed by atoms with Crippen LogP contribution in [0.4, 0.5) is 0 Å². The standard InChI is InChI=1S/C11H14Cl2O5.C9H14O4/c1-9(2)16-6-7(17-9)10(18-8(6)15-3)4-5(14)11(10,12)13;1-5-6-7(8(10-4)11-5)13-9(2,3)12-6/h6-8H,4H2,1-3H3;6-8H,1H2,2-4H3/t6-,7+,8-,10+;6-,7-,8-/m11/s1. The van der Waals surface area contributed by atoms with Gasteiger partial charge in [-0.3, -0.25) is 4.79 Å². The quantitative estimate of drug-likeness (QED) is 0.550. The van der Waals surface area contributed by atoms with E-state index in [0.717, 1.165) is 0 Å². The number of hydrogen-bond acceptors (Lipinski definition) is 9. The Morgan fingerprint density at radius 1 is 0.903 bits per heavy atom. The van der Waals surface area contributed by atoms with Crippen LogP contribution in [0.25, 0.3) is 0 Å². The second-order valence-electron chi connectivity index (χ2n) is 9.02. The molecule has 7 atom stereocenters. The van der Waals surface area contributed by atoms with E-state index in [1.54, 1.807) is 21.0 Å². The Labute approximate surface area is 191 Å². The third kappa shape index (κ3) is 3.62. The first kappa shape index (κ1) is 23.7. The number of carbonyl (C=O) groups is 1. The number of methoxy groups -OCH3 is 2. The highest BCUT2D eigenvalue weighted by Crippen LogP contribution is 2.60. The van der Waals surface area contributed by atoms with Gasteiger partial charge in [-0.25, -0.2) is 0 Å². The van der Waals surface area contributed by atoms with E-state index in [2.05, 4.69) is 6.58 Å². The fourth-order valence-corrected chi connectivity index (χ4v) is 5.13. The first-order valence-electron chi connectivity index (χ1n) is 9.98. The first-order chi connectivity index (χ1) is 14.3. The van der Waals surface area contributed by atoms with Gasteiger partial charge in [-0.1, -0.05) is 29.8 Å². The summed E-state index contributed by atoms with van der Waals surface area (Å²) in [6, 6.07) is 0. The maximum Gasteiger partial charge on any atom is 0.228 e. The fourth-order valence-electron chi connectivity index (χ4n) is 4.56. The van der Waals surface area contributed by atoms with E-state index in [1.807, 2.05) is 13.8 Å². The van der Waals surface area contributed by atoms with E-state index in [1.165, 1.54) is 7.11 Å². The summed E-state index contributed by atoms with van der Waals surface area (Å²) < 4.78 is 42.5. The second-order valence-corrected chi connectivity index (χ2v) is 10.3. The normalized spacial score (nSPS) is 45.5. The summed E-state index contributed by atoms with van der Waals surface area (Å²) in [5.74, 6) is -1.03. The Balaban J connectivity index is 0.000000158. The minimum atomic E-state index is -1.60. The van der Waals surface area contributed by atoms with Crippen molar-refractivity contribution >= 4 is 29.0 Å². The summed E-state index contributed by atoms with van der Waals surface area (Å²) in [6.45, 7) is 11.1. The monoisotopic (exact) mass is 482 g/mol. The number of halogens is 2. The predicted molar refractivity (Wildman–Crippen MR) is 107 cm³/mol. The zero-order chi connectivity index (χ0) is 23.0. The summed E-state index contributed by atoms with van der Waals surface area (Å²) in [7, 11) is 3.08. The van der Waals surface area contributed by atoms with Gasteiger partial charge in [0.05, 0.1) is 0 Å². The maximum absolute atomic E-state index is 11.6. The predicted octanol–water partition coefficient (Wildman–Crippen LogP) is 2.42. The summed E-state index contributed by atoms with van der Waals surface area (Å²) in [5, 5.41) is 0. The van der Waals surface area contributed by atoms with E-state index in [9.17, 15) is 4.79 Å². The Hall–Kier alpha value is -0.490. The van der Waals surface area contributed by atoms with Gasteiger partial charge in [-0.05, 0) is 27.7 Å². The molecular formula is C20H28Cl2O9. The second kappa shape index (κ2) is 7.51. The summed E-state index contributed by atoms with van der Waals surface area (Å²) >= 11 is 12.2. The lowest BCUT2D eigenvalue weighted by atomic mass is 9.73. The minimum Gasteiger partial charge on any atom is -0.464 e. The van der Waals surface area contributed by atoms with Crippen LogP contribution >= 0.6 is 23.2 Å². The maximum atomic E-state index is 11.6. The molecule has 9 nitrogen and oxygen atoms in total. The number of alkyl halides is 2. The van der Waals surface area contributed by atoms with Crippen LogP contribution in [-0.4, -0.2) is 78.5 Å². The number of carbonyl (C=O) groups excluding carboxylic acids is 1. The van der Waals surface area contributed by atoms with Crippen LogP contribution in [0.5, 0.6) is 0 Å². The van der Waals surface area contributed by atoms with Crippen LogP contribution in [0, 0.1) is 0 Å². The van der Waals surface area contributed by atoms with Crippen LogP contribution < -0.4 is 0 Å². The van der Waals surface area contributed by atoms with Gasteiger partial charge in [0.1, 0.15) is 29.7 Å². The molecule has 1 spiro atoms. The molecule has 4 heterocycles. The fraction of sp³-hybridized carbons (Fsp3) is 0.850. The number of ether oxygens (including phenoxy) is 8. The van der Waals surface area contributed by atoms with Crippen molar-refractivity contribution in [2.75, 3.05) is 14.2 Å². The highest BCUT2D eigenvalue weighted by Gasteiger charge is 2.78. The van der Waals surface area contributed by atoms with Crippen molar-refractivity contribution < 1.29 is 42.7 Å². The van der Waals surface area contributed by atoms with Gasteiger partial charge in [0.15, 0.2) is 29.8 Å². The number of fused-ring (bicyclic) bond motifs is 3. The molecule has 176 valence electrons. The van der Waals surface area contributed by atoms with E-state index in [0.29, 0.717) is 5.76 Å².